The van der Waals surface area contributed by atoms with Crippen molar-refractivity contribution in [2.24, 2.45) is 0 Å². The number of hydrogen-bond donors (Lipinski definition) is 0. The van der Waals surface area contributed by atoms with Crippen LogP contribution in [-0.2, 0) is 4.74 Å². The summed E-state index contributed by atoms with van der Waals surface area (Å²) in [6, 6.07) is 5.88. The molecule has 1 unspecified atom stereocenters. The highest BCUT2D eigenvalue weighted by molar-refractivity contribution is 6.03. The number of ether oxygens (including phenoxy) is 1. The topological polar surface area (TPSA) is 26.3 Å². The van der Waals surface area contributed by atoms with Crippen molar-refractivity contribution in [1.82, 2.24) is 0 Å². The van der Waals surface area contributed by atoms with Crippen molar-refractivity contribution < 1.29 is 9.53 Å². The molecule has 0 aromatic heterocycles. The first-order valence-corrected chi connectivity index (χ1v) is 5.62. The molecular formula is C14H20O2. The molecule has 1 aromatic rings. The first-order valence-electron chi connectivity index (χ1n) is 5.62. The highest BCUT2D eigenvalue weighted by Gasteiger charge is 2.32. The summed E-state index contributed by atoms with van der Waals surface area (Å²) in [4.78, 5) is 12.3. The van der Waals surface area contributed by atoms with Gasteiger partial charge in [-0.05, 0) is 32.8 Å². The Balaban J connectivity index is 3.14. The molecule has 0 fully saturated rings. The summed E-state index contributed by atoms with van der Waals surface area (Å²) >= 11 is 0. The third-order valence-electron chi connectivity index (χ3n) is 3.23. The number of carbonyl (C=O) groups is 1. The number of aryl methyl sites for hydroxylation is 2. The Bertz CT molecular complexity index is 390. The molecule has 88 valence electrons. The van der Waals surface area contributed by atoms with Gasteiger partial charge in [-0.1, -0.05) is 30.7 Å². The van der Waals surface area contributed by atoms with Crippen molar-refractivity contribution in [3.63, 3.8) is 0 Å². The summed E-state index contributed by atoms with van der Waals surface area (Å²) in [6.45, 7) is 7.79. The summed E-state index contributed by atoms with van der Waals surface area (Å²) in [5.74, 6) is 0.0648. The van der Waals surface area contributed by atoms with Crippen molar-refractivity contribution in [2.75, 3.05) is 7.11 Å². The van der Waals surface area contributed by atoms with Crippen molar-refractivity contribution >= 4 is 5.78 Å². The lowest BCUT2D eigenvalue weighted by Gasteiger charge is -2.25. The Morgan fingerprint density at radius 2 is 2.00 bits per heavy atom. The lowest BCUT2D eigenvalue weighted by Crippen LogP contribution is -2.37. The van der Waals surface area contributed by atoms with E-state index in [2.05, 4.69) is 0 Å². The minimum Gasteiger partial charge on any atom is -0.370 e. The van der Waals surface area contributed by atoms with E-state index >= 15 is 0 Å². The van der Waals surface area contributed by atoms with E-state index in [0.717, 1.165) is 11.1 Å². The Kier molecular flexibility index (Phi) is 3.87. The molecule has 0 N–H and O–H groups in total. The van der Waals surface area contributed by atoms with Crippen LogP contribution in [0.2, 0.25) is 0 Å². The number of carbonyl (C=O) groups excluding carboxylic acids is 1. The Morgan fingerprint density at radius 3 is 2.44 bits per heavy atom. The van der Waals surface area contributed by atoms with Crippen LogP contribution in [0, 0.1) is 13.8 Å². The van der Waals surface area contributed by atoms with Crippen LogP contribution in [0.4, 0.5) is 0 Å². The van der Waals surface area contributed by atoms with E-state index in [-0.39, 0.29) is 5.78 Å². The molecular weight excluding hydrogens is 200 g/mol. The van der Waals surface area contributed by atoms with Crippen LogP contribution >= 0.6 is 0 Å². The van der Waals surface area contributed by atoms with E-state index in [0.29, 0.717) is 6.42 Å². The molecule has 0 radical (unpaired) electrons. The molecule has 0 heterocycles. The Labute approximate surface area is 97.6 Å². The highest BCUT2D eigenvalue weighted by atomic mass is 16.5. The van der Waals surface area contributed by atoms with Gasteiger partial charge in [0.2, 0.25) is 0 Å². The van der Waals surface area contributed by atoms with E-state index in [9.17, 15) is 4.79 Å². The molecule has 0 spiro atoms. The van der Waals surface area contributed by atoms with Gasteiger partial charge in [0, 0.05) is 12.7 Å². The lowest BCUT2D eigenvalue weighted by atomic mass is 9.89. The van der Waals surface area contributed by atoms with Gasteiger partial charge in [0.15, 0.2) is 5.78 Å². The van der Waals surface area contributed by atoms with Gasteiger partial charge in [-0.15, -0.1) is 0 Å². The van der Waals surface area contributed by atoms with Gasteiger partial charge in [0.25, 0.3) is 0 Å². The average Bonchev–Trinajstić information content (AvgIpc) is 2.27. The zero-order valence-electron chi connectivity index (χ0n) is 10.8. The largest absolute Gasteiger partial charge is 0.370 e. The molecule has 0 amide bonds. The maximum Gasteiger partial charge on any atom is 0.194 e. The third-order valence-corrected chi connectivity index (χ3v) is 3.23. The monoisotopic (exact) mass is 220 g/mol. The van der Waals surface area contributed by atoms with Crippen LogP contribution in [0.15, 0.2) is 18.2 Å². The van der Waals surface area contributed by atoms with Gasteiger partial charge in [0.05, 0.1) is 0 Å². The second-order valence-corrected chi connectivity index (χ2v) is 4.44. The molecule has 16 heavy (non-hydrogen) atoms. The molecule has 1 aromatic carbocycles. The van der Waals surface area contributed by atoms with Crippen LogP contribution < -0.4 is 0 Å². The minimum absolute atomic E-state index is 0.0648. The van der Waals surface area contributed by atoms with Gasteiger partial charge in [-0.25, -0.2) is 0 Å². The number of hydrogen-bond acceptors (Lipinski definition) is 2. The number of benzene rings is 1. The predicted molar refractivity (Wildman–Crippen MR) is 66.0 cm³/mol. The van der Waals surface area contributed by atoms with Crippen LogP contribution in [-0.4, -0.2) is 18.5 Å². The first-order chi connectivity index (χ1) is 7.44. The van der Waals surface area contributed by atoms with Gasteiger partial charge in [-0.2, -0.15) is 0 Å². The maximum atomic E-state index is 12.3. The van der Waals surface area contributed by atoms with Crippen LogP contribution in [0.3, 0.4) is 0 Å². The van der Waals surface area contributed by atoms with Crippen LogP contribution in [0.1, 0.15) is 41.8 Å². The molecule has 0 bridgehead atoms. The van der Waals surface area contributed by atoms with E-state index in [4.69, 9.17) is 4.74 Å². The molecule has 0 aliphatic carbocycles. The molecule has 0 aliphatic heterocycles. The highest BCUT2D eigenvalue weighted by Crippen LogP contribution is 2.23. The molecule has 0 aliphatic rings. The quantitative estimate of drug-likeness (QED) is 0.728. The minimum atomic E-state index is -0.708. The van der Waals surface area contributed by atoms with Crippen LogP contribution in [0.25, 0.3) is 0 Å². The number of ketones is 1. The zero-order valence-corrected chi connectivity index (χ0v) is 10.8. The molecule has 1 atom stereocenters. The number of methoxy groups -OCH3 is 1. The fourth-order valence-electron chi connectivity index (χ4n) is 1.75. The first kappa shape index (κ1) is 12.9. The Morgan fingerprint density at radius 1 is 1.38 bits per heavy atom. The SMILES string of the molecule is CCC(C)(OC)C(=O)c1ccc(C)cc1C. The van der Waals surface area contributed by atoms with Gasteiger partial charge < -0.3 is 4.74 Å². The summed E-state index contributed by atoms with van der Waals surface area (Å²) < 4.78 is 5.34. The third kappa shape index (κ3) is 2.33. The standard InChI is InChI=1S/C14H20O2/c1-6-14(4,16-5)13(15)12-8-7-10(2)9-11(12)3/h7-9H,6H2,1-5H3. The summed E-state index contributed by atoms with van der Waals surface area (Å²) in [7, 11) is 1.59. The normalized spacial score (nSPS) is 14.6. The maximum absolute atomic E-state index is 12.3. The zero-order chi connectivity index (χ0) is 12.3. The number of rotatable bonds is 4. The Hall–Kier alpha value is -1.15. The molecule has 2 heteroatoms. The van der Waals surface area contributed by atoms with Crippen molar-refractivity contribution in [3.05, 3.63) is 34.9 Å². The van der Waals surface area contributed by atoms with E-state index in [1.807, 2.05) is 45.9 Å². The summed E-state index contributed by atoms with van der Waals surface area (Å²) in [5, 5.41) is 0. The lowest BCUT2D eigenvalue weighted by molar-refractivity contribution is 0.0105. The van der Waals surface area contributed by atoms with Crippen LogP contribution in [0.5, 0.6) is 0 Å². The van der Waals surface area contributed by atoms with Gasteiger partial charge in [0.1, 0.15) is 5.60 Å². The fourth-order valence-corrected chi connectivity index (χ4v) is 1.75. The predicted octanol–water partition coefficient (Wildman–Crippen LogP) is 3.30. The molecule has 2 nitrogen and oxygen atoms in total. The van der Waals surface area contributed by atoms with E-state index in [1.54, 1.807) is 7.11 Å². The molecule has 0 saturated heterocycles. The van der Waals surface area contributed by atoms with Crippen molar-refractivity contribution in [3.8, 4) is 0 Å². The second-order valence-electron chi connectivity index (χ2n) is 4.44. The van der Waals surface area contributed by atoms with Crippen molar-refractivity contribution in [1.29, 1.82) is 0 Å². The fraction of sp³-hybridized carbons (Fsp3) is 0.500. The average molecular weight is 220 g/mol. The van der Waals surface area contributed by atoms with Gasteiger partial charge in [-0.3, -0.25) is 4.79 Å². The summed E-state index contributed by atoms with van der Waals surface area (Å²) in [6.07, 6.45) is 0.676. The second kappa shape index (κ2) is 4.79. The van der Waals surface area contributed by atoms with E-state index < -0.39 is 5.60 Å². The van der Waals surface area contributed by atoms with E-state index in [1.165, 1.54) is 5.56 Å². The molecule has 0 saturated carbocycles. The van der Waals surface area contributed by atoms with Gasteiger partial charge >= 0.3 is 0 Å². The smallest absolute Gasteiger partial charge is 0.194 e. The molecule has 1 rings (SSSR count). The van der Waals surface area contributed by atoms with Crippen molar-refractivity contribution in [2.45, 2.75) is 39.7 Å². The number of Topliss-reactive ketones (excluding diaryl/α,β-unsaturated/α-hetero) is 1. The summed E-state index contributed by atoms with van der Waals surface area (Å²) in [5.41, 5.74) is 2.24.